The Bertz CT molecular complexity index is 1040. The monoisotopic (exact) mass is 453 g/mol. The third kappa shape index (κ3) is 5.40. The Hall–Kier alpha value is -2.51. The molecule has 4 rings (SSSR count). The van der Waals surface area contributed by atoms with Gasteiger partial charge in [-0.1, -0.05) is 35.9 Å². The first-order valence-corrected chi connectivity index (χ1v) is 12.3. The van der Waals surface area contributed by atoms with Gasteiger partial charge in [0.1, 0.15) is 5.01 Å². The maximum Gasteiger partial charge on any atom is 0.222 e. The molecule has 0 aliphatic carbocycles. The molecule has 162 valence electrons. The van der Waals surface area contributed by atoms with Crippen LogP contribution in [0.15, 0.2) is 47.2 Å². The molecule has 0 radical (unpaired) electrons. The van der Waals surface area contributed by atoms with Gasteiger partial charge in [0.25, 0.3) is 0 Å². The SMILES string of the molecule is Cc1ccc(C[C@@]2(CCC(=O)N(C)Cc3csc(-c4cccs4)n3)CCC(=O)N2)cc1. The van der Waals surface area contributed by atoms with Gasteiger partial charge < -0.3 is 10.2 Å². The summed E-state index contributed by atoms with van der Waals surface area (Å²) >= 11 is 3.28. The molecule has 1 aromatic carbocycles. The molecule has 1 fully saturated rings. The van der Waals surface area contributed by atoms with E-state index in [2.05, 4.69) is 47.6 Å². The van der Waals surface area contributed by atoms with E-state index in [-0.39, 0.29) is 17.4 Å². The van der Waals surface area contributed by atoms with Crippen LogP contribution in [0.1, 0.15) is 42.5 Å². The molecular weight excluding hydrogens is 426 g/mol. The Balaban J connectivity index is 1.36. The van der Waals surface area contributed by atoms with Crippen molar-refractivity contribution in [2.45, 2.75) is 51.1 Å². The average Bonchev–Trinajstić information content (AvgIpc) is 3.50. The van der Waals surface area contributed by atoms with Gasteiger partial charge in [-0.2, -0.15) is 0 Å². The summed E-state index contributed by atoms with van der Waals surface area (Å²) in [4.78, 5) is 32.4. The third-order valence-corrected chi connectivity index (χ3v) is 7.75. The second kappa shape index (κ2) is 9.32. The fourth-order valence-electron chi connectivity index (χ4n) is 4.04. The second-order valence-corrected chi connectivity index (χ2v) is 10.2. The number of nitrogens with zero attached hydrogens (tertiary/aromatic N) is 2. The number of benzene rings is 1. The maximum atomic E-state index is 12.9. The van der Waals surface area contributed by atoms with Crippen molar-refractivity contribution in [2.24, 2.45) is 0 Å². The molecular formula is C24H27N3O2S2. The third-order valence-electron chi connectivity index (χ3n) is 5.82. The van der Waals surface area contributed by atoms with Crippen molar-refractivity contribution in [3.8, 4) is 9.88 Å². The maximum absolute atomic E-state index is 12.9. The summed E-state index contributed by atoms with van der Waals surface area (Å²) in [5.41, 5.74) is 2.98. The van der Waals surface area contributed by atoms with E-state index in [0.29, 0.717) is 25.8 Å². The number of thiophene rings is 1. The Morgan fingerprint density at radius 3 is 2.71 bits per heavy atom. The lowest BCUT2D eigenvalue weighted by molar-refractivity contribution is -0.131. The number of hydrogen-bond donors (Lipinski definition) is 1. The fourth-order valence-corrected chi connectivity index (χ4v) is 5.67. The van der Waals surface area contributed by atoms with Crippen LogP contribution < -0.4 is 5.32 Å². The molecule has 3 aromatic rings. The van der Waals surface area contributed by atoms with Gasteiger partial charge in [-0.3, -0.25) is 9.59 Å². The summed E-state index contributed by atoms with van der Waals surface area (Å²) in [7, 11) is 1.83. The summed E-state index contributed by atoms with van der Waals surface area (Å²) in [5, 5.41) is 8.24. The minimum absolute atomic E-state index is 0.0788. The lowest BCUT2D eigenvalue weighted by atomic mass is 9.84. The molecule has 3 heterocycles. The molecule has 0 spiro atoms. The van der Waals surface area contributed by atoms with E-state index in [4.69, 9.17) is 0 Å². The predicted molar refractivity (Wildman–Crippen MR) is 126 cm³/mol. The normalized spacial score (nSPS) is 18.2. The summed E-state index contributed by atoms with van der Waals surface area (Å²) in [6.45, 7) is 2.56. The Labute approximate surface area is 191 Å². The zero-order chi connectivity index (χ0) is 21.8. The number of carbonyl (C=O) groups is 2. The van der Waals surface area contributed by atoms with Crippen LogP contribution in [-0.4, -0.2) is 34.3 Å². The quantitative estimate of drug-likeness (QED) is 0.532. The lowest BCUT2D eigenvalue weighted by Crippen LogP contribution is -2.44. The fraction of sp³-hybridized carbons (Fsp3) is 0.375. The van der Waals surface area contributed by atoms with E-state index in [0.717, 1.165) is 28.4 Å². The second-order valence-electron chi connectivity index (χ2n) is 8.36. The van der Waals surface area contributed by atoms with Gasteiger partial charge in [0, 0.05) is 30.8 Å². The first-order valence-electron chi connectivity index (χ1n) is 10.5. The van der Waals surface area contributed by atoms with Crippen LogP contribution in [-0.2, 0) is 22.6 Å². The molecule has 0 bridgehead atoms. The standard InChI is InChI=1S/C24H27N3O2S2/c1-17-5-7-18(8-6-17)14-24(11-9-21(28)26-24)12-10-22(29)27(2)15-19-16-31-23(25-19)20-4-3-13-30-20/h3-8,13,16H,9-12,14-15H2,1-2H3,(H,26,28)/t24-/m0/s1. The van der Waals surface area contributed by atoms with Crippen LogP contribution in [0, 0.1) is 6.92 Å². The largest absolute Gasteiger partial charge is 0.350 e. The van der Waals surface area contributed by atoms with Gasteiger partial charge in [0.15, 0.2) is 0 Å². The van der Waals surface area contributed by atoms with E-state index < -0.39 is 0 Å². The van der Waals surface area contributed by atoms with Crippen molar-refractivity contribution < 1.29 is 9.59 Å². The zero-order valence-corrected chi connectivity index (χ0v) is 19.5. The number of carbonyl (C=O) groups excluding carboxylic acids is 2. The first-order chi connectivity index (χ1) is 14.9. The molecule has 2 aromatic heterocycles. The highest BCUT2D eigenvalue weighted by Crippen LogP contribution is 2.31. The molecule has 1 aliphatic rings. The van der Waals surface area contributed by atoms with E-state index in [9.17, 15) is 9.59 Å². The van der Waals surface area contributed by atoms with E-state index >= 15 is 0 Å². The van der Waals surface area contributed by atoms with E-state index in [1.54, 1.807) is 27.6 Å². The summed E-state index contributed by atoms with van der Waals surface area (Å²) in [6.07, 6.45) is 3.11. The average molecular weight is 454 g/mol. The molecule has 5 nitrogen and oxygen atoms in total. The topological polar surface area (TPSA) is 62.3 Å². The number of rotatable bonds is 8. The number of thiazole rings is 1. The highest BCUT2D eigenvalue weighted by molar-refractivity contribution is 7.20. The zero-order valence-electron chi connectivity index (χ0n) is 17.9. The molecule has 31 heavy (non-hydrogen) atoms. The first kappa shape index (κ1) is 21.7. The highest BCUT2D eigenvalue weighted by Gasteiger charge is 2.38. The molecule has 1 N–H and O–H groups in total. The number of nitrogens with one attached hydrogen (secondary N) is 1. The molecule has 7 heteroatoms. The van der Waals surface area contributed by atoms with E-state index in [1.165, 1.54) is 11.1 Å². The number of hydrogen-bond acceptors (Lipinski definition) is 5. The molecule has 1 atom stereocenters. The van der Waals surface area contributed by atoms with Crippen LogP contribution >= 0.6 is 22.7 Å². The smallest absolute Gasteiger partial charge is 0.222 e. The van der Waals surface area contributed by atoms with Gasteiger partial charge in [0.05, 0.1) is 17.1 Å². The van der Waals surface area contributed by atoms with Crippen molar-refractivity contribution in [2.75, 3.05) is 7.05 Å². The Morgan fingerprint density at radius 1 is 1.23 bits per heavy atom. The van der Waals surface area contributed by atoms with Gasteiger partial charge in [-0.15, -0.1) is 22.7 Å². The Morgan fingerprint density at radius 2 is 2.03 bits per heavy atom. The van der Waals surface area contributed by atoms with Crippen molar-refractivity contribution in [3.05, 3.63) is 64.0 Å². The molecule has 1 aliphatic heterocycles. The van der Waals surface area contributed by atoms with Gasteiger partial charge in [-0.25, -0.2) is 4.98 Å². The van der Waals surface area contributed by atoms with Crippen molar-refractivity contribution >= 4 is 34.5 Å². The highest BCUT2D eigenvalue weighted by atomic mass is 32.1. The molecule has 0 unspecified atom stereocenters. The van der Waals surface area contributed by atoms with Crippen molar-refractivity contribution in [1.82, 2.24) is 15.2 Å². The lowest BCUT2D eigenvalue weighted by Gasteiger charge is -2.30. The molecule has 1 saturated heterocycles. The number of aromatic nitrogens is 1. The van der Waals surface area contributed by atoms with Crippen LogP contribution in [0.3, 0.4) is 0 Å². The van der Waals surface area contributed by atoms with Crippen molar-refractivity contribution in [1.29, 1.82) is 0 Å². The summed E-state index contributed by atoms with van der Waals surface area (Å²) < 4.78 is 0. The number of amides is 2. The van der Waals surface area contributed by atoms with Crippen molar-refractivity contribution in [3.63, 3.8) is 0 Å². The Kier molecular flexibility index (Phi) is 6.53. The summed E-state index contributed by atoms with van der Waals surface area (Å²) in [5.74, 6) is 0.159. The van der Waals surface area contributed by atoms with E-state index in [1.807, 2.05) is 23.9 Å². The number of aryl methyl sites for hydroxylation is 1. The van der Waals surface area contributed by atoms with Crippen LogP contribution in [0.5, 0.6) is 0 Å². The van der Waals surface area contributed by atoms with Crippen LogP contribution in [0.2, 0.25) is 0 Å². The summed E-state index contributed by atoms with van der Waals surface area (Å²) in [6, 6.07) is 12.5. The predicted octanol–water partition coefficient (Wildman–Crippen LogP) is 4.81. The minimum atomic E-state index is -0.337. The molecule has 2 amide bonds. The van der Waals surface area contributed by atoms with Gasteiger partial charge in [-0.05, 0) is 43.2 Å². The van der Waals surface area contributed by atoms with Crippen LogP contribution in [0.4, 0.5) is 0 Å². The van der Waals surface area contributed by atoms with Crippen LogP contribution in [0.25, 0.3) is 9.88 Å². The molecule has 0 saturated carbocycles. The minimum Gasteiger partial charge on any atom is -0.350 e. The van der Waals surface area contributed by atoms with Gasteiger partial charge >= 0.3 is 0 Å². The van der Waals surface area contributed by atoms with Gasteiger partial charge in [0.2, 0.25) is 11.8 Å².